The highest BCUT2D eigenvalue weighted by Crippen LogP contribution is 2.41. The number of carbonyl (C=O) groups excluding carboxylic acids is 1. The van der Waals surface area contributed by atoms with E-state index in [1.54, 1.807) is 0 Å². The van der Waals surface area contributed by atoms with E-state index in [0.29, 0.717) is 11.6 Å². The van der Waals surface area contributed by atoms with Crippen LogP contribution < -0.4 is 11.1 Å². The van der Waals surface area contributed by atoms with Crippen LogP contribution >= 0.6 is 24.0 Å². The Kier molecular flexibility index (Phi) is 6.74. The van der Waals surface area contributed by atoms with E-state index in [-0.39, 0.29) is 18.3 Å². The van der Waals surface area contributed by atoms with Crippen molar-refractivity contribution in [3.05, 3.63) is 64.7 Å². The van der Waals surface area contributed by atoms with Gasteiger partial charge < -0.3 is 11.1 Å². The minimum atomic E-state index is -0.397. The van der Waals surface area contributed by atoms with Crippen LogP contribution in [0.25, 0.3) is 0 Å². The molecule has 0 atom stereocenters. The van der Waals surface area contributed by atoms with E-state index in [1.807, 2.05) is 48.5 Å². The molecule has 1 saturated carbocycles. The van der Waals surface area contributed by atoms with E-state index < -0.39 is 5.41 Å². The third-order valence-corrected chi connectivity index (χ3v) is 5.22. The molecule has 3 N–H and O–H groups in total. The number of nitrogens with two attached hydrogens (primary N) is 1. The van der Waals surface area contributed by atoms with Gasteiger partial charge in [0.25, 0.3) is 0 Å². The molecule has 1 aliphatic rings. The number of anilines is 1. The maximum atomic E-state index is 12.9. The van der Waals surface area contributed by atoms with Gasteiger partial charge in [-0.2, -0.15) is 0 Å². The quantitative estimate of drug-likeness (QED) is 0.751. The average molecular weight is 379 g/mol. The van der Waals surface area contributed by atoms with Crippen molar-refractivity contribution in [2.75, 3.05) is 12.3 Å². The molecule has 0 heterocycles. The zero-order valence-electron chi connectivity index (χ0n) is 14.1. The summed E-state index contributed by atoms with van der Waals surface area (Å²) >= 11 is 6.00. The Hall–Kier alpha value is -1.71. The Labute approximate surface area is 160 Å². The average Bonchev–Trinajstić information content (AvgIpc) is 3.08. The second kappa shape index (κ2) is 8.59. The third kappa shape index (κ3) is 4.47. The smallest absolute Gasteiger partial charge is 0.230 e. The molecule has 1 aliphatic carbocycles. The highest BCUT2D eigenvalue weighted by atomic mass is 35.5. The lowest BCUT2D eigenvalue weighted by molar-refractivity contribution is -0.126. The fourth-order valence-corrected chi connectivity index (χ4v) is 3.69. The van der Waals surface area contributed by atoms with Crippen molar-refractivity contribution >= 4 is 35.6 Å². The lowest BCUT2D eigenvalue weighted by Gasteiger charge is -2.28. The van der Waals surface area contributed by atoms with Crippen LogP contribution in [0.5, 0.6) is 0 Å². The number of halogens is 2. The summed E-state index contributed by atoms with van der Waals surface area (Å²) < 4.78 is 0. The Morgan fingerprint density at radius 1 is 1.04 bits per heavy atom. The predicted octanol–water partition coefficient (Wildman–Crippen LogP) is 4.51. The molecule has 134 valence electrons. The van der Waals surface area contributed by atoms with Crippen LogP contribution in [-0.4, -0.2) is 12.5 Å². The largest absolute Gasteiger partial charge is 0.399 e. The monoisotopic (exact) mass is 378 g/mol. The Bertz CT molecular complexity index is 693. The van der Waals surface area contributed by atoms with Crippen LogP contribution in [0, 0.1) is 0 Å². The first-order valence-corrected chi connectivity index (χ1v) is 8.87. The number of rotatable bonds is 5. The Morgan fingerprint density at radius 3 is 2.24 bits per heavy atom. The van der Waals surface area contributed by atoms with Crippen molar-refractivity contribution < 1.29 is 4.79 Å². The van der Waals surface area contributed by atoms with Gasteiger partial charge in [0.05, 0.1) is 5.41 Å². The van der Waals surface area contributed by atoms with Gasteiger partial charge in [0, 0.05) is 17.3 Å². The van der Waals surface area contributed by atoms with Gasteiger partial charge in [-0.25, -0.2) is 0 Å². The topological polar surface area (TPSA) is 55.1 Å². The maximum absolute atomic E-state index is 12.9. The maximum Gasteiger partial charge on any atom is 0.230 e. The lowest BCUT2D eigenvalue weighted by Crippen LogP contribution is -2.43. The Balaban J connectivity index is 0.00000225. The zero-order valence-corrected chi connectivity index (χ0v) is 15.7. The van der Waals surface area contributed by atoms with Gasteiger partial charge in [-0.1, -0.05) is 48.7 Å². The summed E-state index contributed by atoms with van der Waals surface area (Å²) in [5.74, 6) is 0.137. The molecule has 0 aliphatic heterocycles. The highest BCUT2D eigenvalue weighted by molar-refractivity contribution is 6.30. The molecular formula is C20H24Cl2N2O. The molecule has 0 aromatic heterocycles. The molecular weight excluding hydrogens is 355 g/mol. The molecule has 0 saturated heterocycles. The minimum Gasteiger partial charge on any atom is -0.399 e. The number of carbonyl (C=O) groups is 1. The molecule has 1 fully saturated rings. The molecule has 3 nitrogen and oxygen atoms in total. The van der Waals surface area contributed by atoms with Crippen LogP contribution in [0.15, 0.2) is 48.5 Å². The number of hydrogen-bond acceptors (Lipinski definition) is 2. The number of amides is 1. The summed E-state index contributed by atoms with van der Waals surface area (Å²) in [6.07, 6.45) is 4.80. The van der Waals surface area contributed by atoms with E-state index in [2.05, 4.69) is 5.32 Å². The number of nitrogens with one attached hydrogen (secondary N) is 1. The van der Waals surface area contributed by atoms with E-state index in [1.165, 1.54) is 5.56 Å². The molecule has 0 spiro atoms. The fraction of sp³-hybridized carbons (Fsp3) is 0.350. The third-order valence-electron chi connectivity index (χ3n) is 4.97. The standard InChI is InChI=1S/C20H23ClN2O.ClH/c21-17-7-5-16(6-8-17)20(12-1-2-13-20)19(24)23-14-11-15-3-9-18(22)10-4-15;/h3-10H,1-2,11-14,22H2,(H,23,24);1H. The van der Waals surface area contributed by atoms with Gasteiger partial charge in [0.1, 0.15) is 0 Å². The molecule has 0 radical (unpaired) electrons. The van der Waals surface area contributed by atoms with E-state index >= 15 is 0 Å². The van der Waals surface area contributed by atoms with Gasteiger partial charge >= 0.3 is 0 Å². The van der Waals surface area contributed by atoms with E-state index in [4.69, 9.17) is 17.3 Å². The van der Waals surface area contributed by atoms with Gasteiger partial charge in [-0.05, 0) is 54.7 Å². The number of benzene rings is 2. The summed E-state index contributed by atoms with van der Waals surface area (Å²) in [7, 11) is 0. The van der Waals surface area contributed by atoms with Gasteiger partial charge in [-0.3, -0.25) is 4.79 Å². The molecule has 0 bridgehead atoms. The first kappa shape index (κ1) is 19.6. The van der Waals surface area contributed by atoms with E-state index in [9.17, 15) is 4.79 Å². The molecule has 3 rings (SSSR count). The Morgan fingerprint density at radius 2 is 1.64 bits per heavy atom. The van der Waals surface area contributed by atoms with Crippen molar-refractivity contribution in [2.45, 2.75) is 37.5 Å². The first-order chi connectivity index (χ1) is 11.6. The molecule has 2 aromatic rings. The minimum absolute atomic E-state index is 0. The second-order valence-electron chi connectivity index (χ2n) is 6.54. The first-order valence-electron chi connectivity index (χ1n) is 8.49. The van der Waals surface area contributed by atoms with Crippen molar-refractivity contribution in [2.24, 2.45) is 0 Å². The highest BCUT2D eigenvalue weighted by Gasteiger charge is 2.42. The summed E-state index contributed by atoms with van der Waals surface area (Å²) in [5, 5.41) is 3.84. The number of hydrogen-bond donors (Lipinski definition) is 2. The predicted molar refractivity (Wildman–Crippen MR) is 106 cm³/mol. The SMILES string of the molecule is Cl.Nc1ccc(CCNC(=O)C2(c3ccc(Cl)cc3)CCCC2)cc1. The summed E-state index contributed by atoms with van der Waals surface area (Å²) in [5.41, 5.74) is 8.32. The number of nitrogen functional groups attached to an aromatic ring is 1. The van der Waals surface area contributed by atoms with Gasteiger partial charge in [-0.15, -0.1) is 12.4 Å². The molecule has 2 aromatic carbocycles. The van der Waals surface area contributed by atoms with Crippen molar-refractivity contribution in [3.8, 4) is 0 Å². The van der Waals surface area contributed by atoms with Crippen LogP contribution in [0.3, 0.4) is 0 Å². The zero-order chi connectivity index (χ0) is 17.0. The van der Waals surface area contributed by atoms with Crippen LogP contribution in [-0.2, 0) is 16.6 Å². The summed E-state index contributed by atoms with van der Waals surface area (Å²) in [4.78, 5) is 12.9. The van der Waals surface area contributed by atoms with Gasteiger partial charge in [0.2, 0.25) is 5.91 Å². The second-order valence-corrected chi connectivity index (χ2v) is 6.98. The van der Waals surface area contributed by atoms with Crippen molar-refractivity contribution in [1.29, 1.82) is 0 Å². The van der Waals surface area contributed by atoms with Crippen molar-refractivity contribution in [1.82, 2.24) is 5.32 Å². The molecule has 25 heavy (non-hydrogen) atoms. The van der Waals surface area contributed by atoms with Crippen LogP contribution in [0.1, 0.15) is 36.8 Å². The van der Waals surface area contributed by atoms with Gasteiger partial charge in [0.15, 0.2) is 0 Å². The lowest BCUT2D eigenvalue weighted by atomic mass is 9.78. The van der Waals surface area contributed by atoms with Crippen LogP contribution in [0.2, 0.25) is 5.02 Å². The molecule has 5 heteroatoms. The van der Waals surface area contributed by atoms with Crippen molar-refractivity contribution in [3.63, 3.8) is 0 Å². The molecule has 0 unspecified atom stereocenters. The molecule has 1 amide bonds. The normalized spacial score (nSPS) is 15.4. The van der Waals surface area contributed by atoms with E-state index in [0.717, 1.165) is 43.4 Å². The van der Waals surface area contributed by atoms with Crippen LogP contribution in [0.4, 0.5) is 5.69 Å². The summed E-state index contributed by atoms with van der Waals surface area (Å²) in [6, 6.07) is 15.5. The summed E-state index contributed by atoms with van der Waals surface area (Å²) in [6.45, 7) is 0.637. The fourth-order valence-electron chi connectivity index (χ4n) is 3.57.